The average molecular weight is 212 g/mol. The summed E-state index contributed by atoms with van der Waals surface area (Å²) in [6.45, 7) is 0.815. The standard InChI is InChI=1S/C11H14ClNO/c12-10-5-4-8(6-11(10)14)7-13-9-2-1-3-9/h4-6,9,13-14H,1-3,7H2. The molecule has 1 aromatic rings. The van der Waals surface area contributed by atoms with Gasteiger partial charge < -0.3 is 10.4 Å². The molecule has 76 valence electrons. The molecule has 2 rings (SSSR count). The van der Waals surface area contributed by atoms with Gasteiger partial charge in [0.15, 0.2) is 0 Å². The van der Waals surface area contributed by atoms with Crippen molar-refractivity contribution >= 4 is 11.6 Å². The summed E-state index contributed by atoms with van der Waals surface area (Å²) in [5.41, 5.74) is 1.08. The van der Waals surface area contributed by atoms with Crippen molar-refractivity contribution in [3.63, 3.8) is 0 Å². The van der Waals surface area contributed by atoms with Gasteiger partial charge in [-0.2, -0.15) is 0 Å². The average Bonchev–Trinajstić information content (AvgIpc) is 2.08. The zero-order valence-corrected chi connectivity index (χ0v) is 8.72. The molecular weight excluding hydrogens is 198 g/mol. The Morgan fingerprint density at radius 1 is 1.43 bits per heavy atom. The summed E-state index contributed by atoms with van der Waals surface area (Å²) in [6.07, 6.45) is 3.89. The summed E-state index contributed by atoms with van der Waals surface area (Å²) in [4.78, 5) is 0. The lowest BCUT2D eigenvalue weighted by Crippen LogP contribution is -2.34. The Morgan fingerprint density at radius 2 is 2.21 bits per heavy atom. The number of phenols is 1. The van der Waals surface area contributed by atoms with Gasteiger partial charge in [-0.05, 0) is 30.5 Å². The fourth-order valence-corrected chi connectivity index (χ4v) is 1.66. The van der Waals surface area contributed by atoms with Crippen molar-refractivity contribution in [1.82, 2.24) is 5.32 Å². The van der Waals surface area contributed by atoms with E-state index in [4.69, 9.17) is 11.6 Å². The molecule has 2 N–H and O–H groups in total. The molecule has 1 aliphatic rings. The van der Waals surface area contributed by atoms with Crippen LogP contribution in [0.25, 0.3) is 0 Å². The van der Waals surface area contributed by atoms with Crippen LogP contribution < -0.4 is 5.32 Å². The van der Waals surface area contributed by atoms with Crippen molar-refractivity contribution in [2.75, 3.05) is 0 Å². The number of aromatic hydroxyl groups is 1. The Bertz CT molecular complexity index is 323. The second kappa shape index (κ2) is 4.20. The largest absolute Gasteiger partial charge is 0.506 e. The van der Waals surface area contributed by atoms with E-state index in [1.165, 1.54) is 19.3 Å². The zero-order chi connectivity index (χ0) is 9.97. The SMILES string of the molecule is Oc1cc(CNC2CCC2)ccc1Cl. The lowest BCUT2D eigenvalue weighted by molar-refractivity contribution is 0.338. The van der Waals surface area contributed by atoms with E-state index in [0.717, 1.165) is 12.1 Å². The highest BCUT2D eigenvalue weighted by molar-refractivity contribution is 6.31. The molecular formula is C11H14ClNO. The van der Waals surface area contributed by atoms with Crippen LogP contribution in [0, 0.1) is 0 Å². The van der Waals surface area contributed by atoms with Crippen molar-refractivity contribution in [2.45, 2.75) is 31.8 Å². The quantitative estimate of drug-likeness (QED) is 0.806. The van der Waals surface area contributed by atoms with Gasteiger partial charge >= 0.3 is 0 Å². The van der Waals surface area contributed by atoms with Crippen LogP contribution >= 0.6 is 11.6 Å². The maximum absolute atomic E-state index is 9.38. The highest BCUT2D eigenvalue weighted by atomic mass is 35.5. The molecule has 0 bridgehead atoms. The van der Waals surface area contributed by atoms with Crippen molar-refractivity contribution in [3.8, 4) is 5.75 Å². The van der Waals surface area contributed by atoms with Crippen molar-refractivity contribution in [3.05, 3.63) is 28.8 Å². The third-order valence-corrected chi connectivity index (χ3v) is 3.03. The van der Waals surface area contributed by atoms with Crippen LogP contribution in [0.3, 0.4) is 0 Å². The molecule has 14 heavy (non-hydrogen) atoms. The van der Waals surface area contributed by atoms with Gasteiger partial charge in [-0.1, -0.05) is 24.1 Å². The Hall–Kier alpha value is -0.730. The van der Waals surface area contributed by atoms with Gasteiger partial charge in [-0.25, -0.2) is 0 Å². The summed E-state index contributed by atoms with van der Waals surface area (Å²) < 4.78 is 0. The third-order valence-electron chi connectivity index (χ3n) is 2.71. The monoisotopic (exact) mass is 211 g/mol. The third kappa shape index (κ3) is 2.20. The predicted octanol–water partition coefficient (Wildman–Crippen LogP) is 2.69. The van der Waals surface area contributed by atoms with Gasteiger partial charge in [0.2, 0.25) is 0 Å². The minimum atomic E-state index is 0.166. The highest BCUT2D eigenvalue weighted by Gasteiger charge is 2.16. The van der Waals surface area contributed by atoms with E-state index in [2.05, 4.69) is 5.32 Å². The molecule has 2 nitrogen and oxygen atoms in total. The molecule has 0 unspecified atom stereocenters. The summed E-state index contributed by atoms with van der Waals surface area (Å²) in [5.74, 6) is 0.166. The van der Waals surface area contributed by atoms with Crippen molar-refractivity contribution in [1.29, 1.82) is 0 Å². The Balaban J connectivity index is 1.91. The lowest BCUT2D eigenvalue weighted by Gasteiger charge is -2.26. The van der Waals surface area contributed by atoms with E-state index in [-0.39, 0.29) is 5.75 Å². The van der Waals surface area contributed by atoms with Gasteiger partial charge in [-0.15, -0.1) is 0 Å². The minimum absolute atomic E-state index is 0.166. The number of benzene rings is 1. The van der Waals surface area contributed by atoms with Crippen molar-refractivity contribution in [2.24, 2.45) is 0 Å². The highest BCUT2D eigenvalue weighted by Crippen LogP contribution is 2.24. The molecule has 0 aliphatic heterocycles. The molecule has 0 aromatic heterocycles. The smallest absolute Gasteiger partial charge is 0.134 e. The lowest BCUT2D eigenvalue weighted by atomic mass is 9.93. The normalized spacial score (nSPS) is 16.6. The first-order valence-electron chi connectivity index (χ1n) is 4.96. The number of hydrogen-bond acceptors (Lipinski definition) is 2. The summed E-state index contributed by atoms with van der Waals surface area (Å²) in [5, 5.41) is 13.2. The first-order valence-corrected chi connectivity index (χ1v) is 5.34. The van der Waals surface area contributed by atoms with E-state index >= 15 is 0 Å². The van der Waals surface area contributed by atoms with Crippen LogP contribution in [-0.4, -0.2) is 11.1 Å². The van der Waals surface area contributed by atoms with Crippen LogP contribution in [0.5, 0.6) is 5.75 Å². The number of rotatable bonds is 3. The zero-order valence-electron chi connectivity index (χ0n) is 7.96. The van der Waals surface area contributed by atoms with E-state index in [0.29, 0.717) is 11.1 Å². The van der Waals surface area contributed by atoms with Gasteiger partial charge in [0.25, 0.3) is 0 Å². The van der Waals surface area contributed by atoms with Crippen molar-refractivity contribution < 1.29 is 5.11 Å². The number of nitrogens with one attached hydrogen (secondary N) is 1. The van der Waals surface area contributed by atoms with E-state index in [1.54, 1.807) is 12.1 Å². The second-order valence-corrected chi connectivity index (χ2v) is 4.20. The fourth-order valence-electron chi connectivity index (χ4n) is 1.54. The molecule has 0 radical (unpaired) electrons. The molecule has 0 saturated heterocycles. The molecule has 0 atom stereocenters. The molecule has 0 amide bonds. The molecule has 0 spiro atoms. The first kappa shape index (κ1) is 9.81. The molecule has 0 heterocycles. The van der Waals surface area contributed by atoms with Gasteiger partial charge in [-0.3, -0.25) is 0 Å². The van der Waals surface area contributed by atoms with Gasteiger partial charge in [0.1, 0.15) is 5.75 Å². The van der Waals surface area contributed by atoms with Crippen LogP contribution in [0.4, 0.5) is 0 Å². The first-order chi connectivity index (χ1) is 6.75. The number of phenolic OH excluding ortho intramolecular Hbond substituents is 1. The summed E-state index contributed by atoms with van der Waals surface area (Å²) >= 11 is 5.71. The van der Waals surface area contributed by atoms with E-state index < -0.39 is 0 Å². The minimum Gasteiger partial charge on any atom is -0.506 e. The predicted molar refractivity (Wildman–Crippen MR) is 57.6 cm³/mol. The molecule has 1 aromatic carbocycles. The maximum atomic E-state index is 9.38. The molecule has 3 heteroatoms. The Kier molecular flexibility index (Phi) is 2.94. The topological polar surface area (TPSA) is 32.3 Å². The Labute approximate surface area is 88.9 Å². The summed E-state index contributed by atoms with van der Waals surface area (Å²) in [6, 6.07) is 6.06. The number of halogens is 1. The Morgan fingerprint density at radius 3 is 2.79 bits per heavy atom. The van der Waals surface area contributed by atoms with Crippen LogP contribution in [-0.2, 0) is 6.54 Å². The maximum Gasteiger partial charge on any atom is 0.134 e. The molecule has 1 saturated carbocycles. The van der Waals surface area contributed by atoms with Crippen LogP contribution in [0.15, 0.2) is 18.2 Å². The van der Waals surface area contributed by atoms with Crippen LogP contribution in [0.1, 0.15) is 24.8 Å². The second-order valence-electron chi connectivity index (χ2n) is 3.79. The summed E-state index contributed by atoms with van der Waals surface area (Å²) in [7, 11) is 0. The molecule has 1 fully saturated rings. The molecule has 1 aliphatic carbocycles. The van der Waals surface area contributed by atoms with Gasteiger partial charge in [0.05, 0.1) is 5.02 Å². The van der Waals surface area contributed by atoms with E-state index in [9.17, 15) is 5.11 Å². The van der Waals surface area contributed by atoms with E-state index in [1.807, 2.05) is 6.07 Å². The number of hydrogen-bond donors (Lipinski definition) is 2. The fraction of sp³-hybridized carbons (Fsp3) is 0.455. The van der Waals surface area contributed by atoms with Gasteiger partial charge in [0, 0.05) is 12.6 Å². The van der Waals surface area contributed by atoms with Crippen LogP contribution in [0.2, 0.25) is 5.02 Å².